The Kier molecular flexibility index (Phi) is 3.40. The molecule has 1 atom stereocenters. The van der Waals surface area contributed by atoms with Crippen LogP contribution in [-0.4, -0.2) is 8.42 Å². The van der Waals surface area contributed by atoms with Crippen LogP contribution in [0.4, 0.5) is 5.69 Å². The van der Waals surface area contributed by atoms with Crippen LogP contribution in [0.2, 0.25) is 0 Å². The maximum Gasteiger partial charge on any atom is 0.238 e. The van der Waals surface area contributed by atoms with Gasteiger partial charge in [0, 0.05) is 5.69 Å². The van der Waals surface area contributed by atoms with Crippen LogP contribution in [0, 0.1) is 0 Å². The minimum Gasteiger partial charge on any atom is -0.467 e. The molecule has 0 radical (unpaired) electrons. The number of benzene rings is 1. The molecule has 0 bridgehead atoms. The van der Waals surface area contributed by atoms with Gasteiger partial charge in [0.1, 0.15) is 5.76 Å². The molecule has 0 aliphatic heterocycles. The molecule has 96 valence electrons. The molecule has 6 heteroatoms. The number of sulfonamides is 1. The third-order valence-electron chi connectivity index (χ3n) is 2.52. The first kappa shape index (κ1) is 12.7. The maximum absolute atomic E-state index is 11.2. The number of nitrogens with two attached hydrogens (primary N) is 1. The molecule has 3 N–H and O–H groups in total. The van der Waals surface area contributed by atoms with Gasteiger partial charge in [-0.1, -0.05) is 6.07 Å². The van der Waals surface area contributed by atoms with Crippen LogP contribution in [0.5, 0.6) is 0 Å². The van der Waals surface area contributed by atoms with Gasteiger partial charge in [0.25, 0.3) is 0 Å². The number of rotatable bonds is 4. The molecule has 2 rings (SSSR count). The first-order valence-corrected chi connectivity index (χ1v) is 6.94. The van der Waals surface area contributed by atoms with E-state index in [4.69, 9.17) is 9.56 Å². The highest BCUT2D eigenvalue weighted by molar-refractivity contribution is 7.89. The van der Waals surface area contributed by atoms with Crippen molar-refractivity contribution in [1.29, 1.82) is 0 Å². The van der Waals surface area contributed by atoms with E-state index in [0.29, 0.717) is 5.69 Å². The van der Waals surface area contributed by atoms with Crippen LogP contribution >= 0.6 is 0 Å². The molecule has 0 saturated heterocycles. The fraction of sp³-hybridized carbons (Fsp3) is 0.167. The summed E-state index contributed by atoms with van der Waals surface area (Å²) in [4.78, 5) is 0.0825. The molecule has 0 spiro atoms. The average Bonchev–Trinajstić information content (AvgIpc) is 2.81. The van der Waals surface area contributed by atoms with Crippen LogP contribution in [0.25, 0.3) is 0 Å². The molecular weight excluding hydrogens is 252 g/mol. The second-order valence-electron chi connectivity index (χ2n) is 3.95. The van der Waals surface area contributed by atoms with E-state index in [1.54, 1.807) is 24.5 Å². The smallest absolute Gasteiger partial charge is 0.238 e. The van der Waals surface area contributed by atoms with Gasteiger partial charge in [-0.2, -0.15) is 0 Å². The van der Waals surface area contributed by atoms with Crippen molar-refractivity contribution in [3.63, 3.8) is 0 Å². The van der Waals surface area contributed by atoms with Gasteiger partial charge in [-0.3, -0.25) is 0 Å². The van der Waals surface area contributed by atoms with Crippen LogP contribution in [0.3, 0.4) is 0 Å². The van der Waals surface area contributed by atoms with Gasteiger partial charge in [-0.15, -0.1) is 0 Å². The SMILES string of the molecule is CC(Nc1cccc(S(N)(=O)=O)c1)c1ccco1. The molecular formula is C12H14N2O3S. The summed E-state index contributed by atoms with van der Waals surface area (Å²) in [6.07, 6.45) is 1.59. The first-order chi connectivity index (χ1) is 8.47. The lowest BCUT2D eigenvalue weighted by atomic mass is 10.2. The number of hydrogen-bond donors (Lipinski definition) is 2. The van der Waals surface area contributed by atoms with Gasteiger partial charge < -0.3 is 9.73 Å². The summed E-state index contributed by atoms with van der Waals surface area (Å²) in [6.45, 7) is 1.92. The van der Waals surface area contributed by atoms with E-state index in [1.165, 1.54) is 12.1 Å². The maximum atomic E-state index is 11.2. The van der Waals surface area contributed by atoms with Crippen LogP contribution in [0.1, 0.15) is 18.7 Å². The highest BCUT2D eigenvalue weighted by atomic mass is 32.2. The van der Waals surface area contributed by atoms with Crippen molar-refractivity contribution in [3.8, 4) is 0 Å². The molecule has 5 nitrogen and oxygen atoms in total. The Balaban J connectivity index is 2.20. The Bertz CT molecular complexity index is 621. The van der Waals surface area contributed by atoms with Crippen molar-refractivity contribution in [2.75, 3.05) is 5.32 Å². The highest BCUT2D eigenvalue weighted by Gasteiger charge is 2.11. The van der Waals surface area contributed by atoms with E-state index in [2.05, 4.69) is 5.32 Å². The minimum atomic E-state index is -3.68. The van der Waals surface area contributed by atoms with E-state index in [-0.39, 0.29) is 10.9 Å². The predicted octanol–water partition coefficient (Wildman–Crippen LogP) is 2.10. The lowest BCUT2D eigenvalue weighted by Gasteiger charge is -2.13. The zero-order valence-electron chi connectivity index (χ0n) is 9.83. The van der Waals surface area contributed by atoms with Crippen molar-refractivity contribution in [2.45, 2.75) is 17.9 Å². The fourth-order valence-electron chi connectivity index (χ4n) is 1.62. The van der Waals surface area contributed by atoms with E-state index >= 15 is 0 Å². The summed E-state index contributed by atoms with van der Waals surface area (Å²) in [5.41, 5.74) is 0.672. The topological polar surface area (TPSA) is 85.3 Å². The van der Waals surface area contributed by atoms with Gasteiger partial charge >= 0.3 is 0 Å². The van der Waals surface area contributed by atoms with E-state index in [1.807, 2.05) is 13.0 Å². The van der Waals surface area contributed by atoms with Crippen molar-refractivity contribution in [1.82, 2.24) is 0 Å². The predicted molar refractivity (Wildman–Crippen MR) is 68.6 cm³/mol. The standard InChI is InChI=1S/C12H14N2O3S/c1-9(12-6-3-7-17-12)14-10-4-2-5-11(8-10)18(13,15)16/h2-9,14H,1H3,(H2,13,15,16). The summed E-state index contributed by atoms with van der Waals surface area (Å²) < 4.78 is 27.7. The quantitative estimate of drug-likeness (QED) is 0.887. The summed E-state index contributed by atoms with van der Waals surface area (Å²) in [6, 6.07) is 9.95. The number of hydrogen-bond acceptors (Lipinski definition) is 4. The van der Waals surface area contributed by atoms with Crippen LogP contribution < -0.4 is 10.5 Å². The lowest BCUT2D eigenvalue weighted by Crippen LogP contribution is -2.13. The first-order valence-electron chi connectivity index (χ1n) is 5.39. The average molecular weight is 266 g/mol. The Hall–Kier alpha value is -1.79. The zero-order valence-corrected chi connectivity index (χ0v) is 10.6. The molecule has 0 saturated carbocycles. The molecule has 0 aliphatic rings. The number of furan rings is 1. The number of nitrogens with one attached hydrogen (secondary N) is 1. The molecule has 1 aromatic heterocycles. The Morgan fingerprint density at radius 1 is 1.28 bits per heavy atom. The normalized spacial score (nSPS) is 13.2. The van der Waals surface area contributed by atoms with Gasteiger partial charge in [0.05, 0.1) is 17.2 Å². The molecule has 2 aromatic rings. The highest BCUT2D eigenvalue weighted by Crippen LogP contribution is 2.21. The Labute approximate surface area is 106 Å². The molecule has 0 aliphatic carbocycles. The van der Waals surface area contributed by atoms with Gasteiger partial charge in [-0.05, 0) is 37.3 Å². The Morgan fingerprint density at radius 2 is 2.06 bits per heavy atom. The van der Waals surface area contributed by atoms with Crippen LogP contribution in [-0.2, 0) is 10.0 Å². The number of anilines is 1. The number of primary sulfonamides is 1. The molecule has 1 aromatic carbocycles. The molecule has 0 amide bonds. The van der Waals surface area contributed by atoms with E-state index in [9.17, 15) is 8.42 Å². The van der Waals surface area contributed by atoms with Crippen molar-refractivity contribution < 1.29 is 12.8 Å². The van der Waals surface area contributed by atoms with Crippen LogP contribution in [0.15, 0.2) is 52.0 Å². The largest absolute Gasteiger partial charge is 0.467 e. The monoisotopic (exact) mass is 266 g/mol. The summed E-state index contributed by atoms with van der Waals surface area (Å²) in [7, 11) is -3.68. The summed E-state index contributed by atoms with van der Waals surface area (Å²) in [5, 5.41) is 8.22. The zero-order chi connectivity index (χ0) is 13.2. The molecule has 0 fully saturated rings. The lowest BCUT2D eigenvalue weighted by molar-refractivity contribution is 0.490. The third-order valence-corrected chi connectivity index (χ3v) is 3.43. The second kappa shape index (κ2) is 4.83. The van der Waals surface area contributed by atoms with Gasteiger partial charge in [0.15, 0.2) is 0 Å². The molecule has 1 heterocycles. The summed E-state index contributed by atoms with van der Waals surface area (Å²) in [5.74, 6) is 0.774. The molecule has 18 heavy (non-hydrogen) atoms. The Morgan fingerprint density at radius 3 is 2.67 bits per heavy atom. The molecule has 1 unspecified atom stereocenters. The third kappa shape index (κ3) is 2.91. The van der Waals surface area contributed by atoms with Crippen molar-refractivity contribution >= 4 is 15.7 Å². The van der Waals surface area contributed by atoms with E-state index < -0.39 is 10.0 Å². The van der Waals surface area contributed by atoms with E-state index in [0.717, 1.165) is 5.76 Å². The van der Waals surface area contributed by atoms with Crippen molar-refractivity contribution in [3.05, 3.63) is 48.4 Å². The minimum absolute atomic E-state index is 0.0595. The summed E-state index contributed by atoms with van der Waals surface area (Å²) >= 11 is 0. The van der Waals surface area contributed by atoms with Gasteiger partial charge in [-0.25, -0.2) is 13.6 Å². The fourth-order valence-corrected chi connectivity index (χ4v) is 2.18. The van der Waals surface area contributed by atoms with Gasteiger partial charge in [0.2, 0.25) is 10.0 Å². The second-order valence-corrected chi connectivity index (χ2v) is 5.52. The van der Waals surface area contributed by atoms with Crippen molar-refractivity contribution in [2.24, 2.45) is 5.14 Å².